The van der Waals surface area contributed by atoms with Crippen molar-refractivity contribution in [2.24, 2.45) is 0 Å². The van der Waals surface area contributed by atoms with E-state index in [9.17, 15) is 9.90 Å². The van der Waals surface area contributed by atoms with Crippen LogP contribution in [0.1, 0.15) is 42.5 Å². The van der Waals surface area contributed by atoms with E-state index in [1.807, 2.05) is 24.3 Å². The highest BCUT2D eigenvalue weighted by molar-refractivity contribution is 5.78. The van der Waals surface area contributed by atoms with Crippen LogP contribution in [0.15, 0.2) is 54.6 Å². The van der Waals surface area contributed by atoms with Crippen LogP contribution in [0.5, 0.6) is 0 Å². The van der Waals surface area contributed by atoms with Crippen LogP contribution in [0.25, 0.3) is 0 Å². The molecule has 2 aromatic carbocycles. The fourth-order valence-electron chi connectivity index (χ4n) is 4.15. The maximum absolute atomic E-state index is 11.4. The van der Waals surface area contributed by atoms with Gasteiger partial charge in [-0.05, 0) is 36.1 Å². The number of piperazine rings is 1. The Morgan fingerprint density at radius 3 is 2.36 bits per heavy atom. The molecule has 2 unspecified atom stereocenters. The second-order valence-electron chi connectivity index (χ2n) is 7.79. The minimum atomic E-state index is -0.445. The first-order chi connectivity index (χ1) is 13.7. The van der Waals surface area contributed by atoms with Crippen LogP contribution in [-0.4, -0.2) is 48.6 Å². The molecular formula is C23H29N3O2. The highest BCUT2D eigenvalue weighted by Gasteiger charge is 2.22. The molecule has 4 rings (SSSR count). The Kier molecular flexibility index (Phi) is 5.93. The summed E-state index contributed by atoms with van der Waals surface area (Å²) in [7, 11) is 0. The first-order valence-electron chi connectivity index (χ1n) is 10.3. The summed E-state index contributed by atoms with van der Waals surface area (Å²) >= 11 is 0. The lowest BCUT2D eigenvalue weighted by Crippen LogP contribution is -2.46. The molecule has 0 radical (unpaired) electrons. The van der Waals surface area contributed by atoms with Crippen molar-refractivity contribution in [2.75, 3.05) is 37.6 Å². The Morgan fingerprint density at radius 1 is 1.00 bits per heavy atom. The summed E-state index contributed by atoms with van der Waals surface area (Å²) in [5.41, 5.74) is 3.37. The molecule has 2 aliphatic heterocycles. The molecule has 0 aliphatic carbocycles. The van der Waals surface area contributed by atoms with Crippen molar-refractivity contribution in [3.63, 3.8) is 0 Å². The first-order valence-corrected chi connectivity index (χ1v) is 10.3. The summed E-state index contributed by atoms with van der Waals surface area (Å²) in [6.07, 6.45) is 1.76. The molecule has 0 bridgehead atoms. The smallest absolute Gasteiger partial charge is 0.220 e. The summed E-state index contributed by atoms with van der Waals surface area (Å²) < 4.78 is 0. The lowest BCUT2D eigenvalue weighted by Gasteiger charge is -2.36. The summed E-state index contributed by atoms with van der Waals surface area (Å²) in [6.45, 7) is 5.03. The van der Waals surface area contributed by atoms with Gasteiger partial charge in [0.25, 0.3) is 0 Å². The fraction of sp³-hybridized carbons (Fsp3) is 0.435. The SMILES string of the molecule is O=C1CCC(c2ccc(C(O)CCN3CCN(c4ccccc4)CC3)cc2)N1. The van der Waals surface area contributed by atoms with Crippen molar-refractivity contribution in [1.82, 2.24) is 10.2 Å². The highest BCUT2D eigenvalue weighted by atomic mass is 16.3. The van der Waals surface area contributed by atoms with E-state index >= 15 is 0 Å². The minimum absolute atomic E-state index is 0.125. The second-order valence-corrected chi connectivity index (χ2v) is 7.79. The number of nitrogens with zero attached hydrogens (tertiary/aromatic N) is 2. The van der Waals surface area contributed by atoms with Crippen LogP contribution < -0.4 is 10.2 Å². The number of hydrogen-bond donors (Lipinski definition) is 2. The predicted molar refractivity (Wildman–Crippen MR) is 111 cm³/mol. The molecule has 148 valence electrons. The van der Waals surface area contributed by atoms with E-state index < -0.39 is 6.10 Å². The molecule has 2 heterocycles. The number of rotatable bonds is 6. The average molecular weight is 380 g/mol. The largest absolute Gasteiger partial charge is 0.388 e. The molecule has 0 spiro atoms. The molecule has 28 heavy (non-hydrogen) atoms. The van der Waals surface area contributed by atoms with Crippen molar-refractivity contribution < 1.29 is 9.90 Å². The van der Waals surface area contributed by atoms with E-state index in [4.69, 9.17) is 0 Å². The van der Waals surface area contributed by atoms with E-state index in [1.165, 1.54) is 5.69 Å². The zero-order valence-electron chi connectivity index (χ0n) is 16.3. The van der Waals surface area contributed by atoms with Gasteiger partial charge in [0.05, 0.1) is 12.1 Å². The van der Waals surface area contributed by atoms with Crippen molar-refractivity contribution in [3.05, 3.63) is 65.7 Å². The molecule has 2 aliphatic rings. The Bertz CT molecular complexity index is 770. The maximum Gasteiger partial charge on any atom is 0.220 e. The molecule has 2 saturated heterocycles. The van der Waals surface area contributed by atoms with Gasteiger partial charge in [-0.1, -0.05) is 42.5 Å². The van der Waals surface area contributed by atoms with Crippen LogP contribution in [-0.2, 0) is 4.79 Å². The van der Waals surface area contributed by atoms with Crippen molar-refractivity contribution in [2.45, 2.75) is 31.4 Å². The average Bonchev–Trinajstić information content (AvgIpc) is 3.19. The van der Waals surface area contributed by atoms with Gasteiger partial charge in [0, 0.05) is 44.8 Å². The molecule has 2 N–H and O–H groups in total. The predicted octanol–water partition coefficient (Wildman–Crippen LogP) is 2.88. The van der Waals surface area contributed by atoms with Crippen molar-refractivity contribution >= 4 is 11.6 Å². The summed E-state index contributed by atoms with van der Waals surface area (Å²) in [4.78, 5) is 16.2. The molecule has 5 nitrogen and oxygen atoms in total. The van der Waals surface area contributed by atoms with Gasteiger partial charge >= 0.3 is 0 Å². The number of nitrogens with one attached hydrogen (secondary N) is 1. The molecule has 2 fully saturated rings. The zero-order valence-corrected chi connectivity index (χ0v) is 16.3. The van der Waals surface area contributed by atoms with E-state index in [-0.39, 0.29) is 11.9 Å². The monoisotopic (exact) mass is 379 g/mol. The van der Waals surface area contributed by atoms with Crippen molar-refractivity contribution in [1.29, 1.82) is 0 Å². The van der Waals surface area contributed by atoms with Gasteiger partial charge in [-0.15, -0.1) is 0 Å². The van der Waals surface area contributed by atoms with Gasteiger partial charge in [0.15, 0.2) is 0 Å². The lowest BCUT2D eigenvalue weighted by molar-refractivity contribution is -0.119. The molecule has 2 atom stereocenters. The third-order valence-corrected chi connectivity index (χ3v) is 5.93. The van der Waals surface area contributed by atoms with Gasteiger partial charge in [0.2, 0.25) is 5.91 Å². The maximum atomic E-state index is 11.4. The Labute approximate surface area is 167 Å². The number of anilines is 1. The number of hydrogen-bond acceptors (Lipinski definition) is 4. The summed E-state index contributed by atoms with van der Waals surface area (Å²) in [5, 5.41) is 13.6. The molecule has 5 heteroatoms. The summed E-state index contributed by atoms with van der Waals surface area (Å²) in [6, 6.07) is 18.8. The highest BCUT2D eigenvalue weighted by Crippen LogP contribution is 2.26. The van der Waals surface area contributed by atoms with Crippen LogP contribution in [0, 0.1) is 0 Å². The van der Waals surface area contributed by atoms with E-state index in [1.54, 1.807) is 0 Å². The second kappa shape index (κ2) is 8.76. The third-order valence-electron chi connectivity index (χ3n) is 5.93. The molecule has 2 aromatic rings. The lowest BCUT2D eigenvalue weighted by atomic mass is 10.00. The van der Waals surface area contributed by atoms with E-state index in [0.717, 1.165) is 56.7 Å². The summed E-state index contributed by atoms with van der Waals surface area (Å²) in [5.74, 6) is 0.126. The number of aliphatic hydroxyl groups is 1. The van der Waals surface area contributed by atoms with Gasteiger partial charge in [0.1, 0.15) is 0 Å². The number of amides is 1. The first kappa shape index (κ1) is 19.0. The standard InChI is InChI=1S/C23H29N3O2/c27-22(19-8-6-18(7-9-19)21-10-11-23(28)24-21)12-13-25-14-16-26(17-15-25)20-4-2-1-3-5-20/h1-9,21-22,27H,10-17H2,(H,24,28). The van der Waals surface area contributed by atoms with Gasteiger partial charge in [-0.25, -0.2) is 0 Å². The minimum Gasteiger partial charge on any atom is -0.388 e. The van der Waals surface area contributed by atoms with Crippen LogP contribution >= 0.6 is 0 Å². The van der Waals surface area contributed by atoms with Crippen LogP contribution in [0.4, 0.5) is 5.69 Å². The van der Waals surface area contributed by atoms with Crippen LogP contribution in [0.2, 0.25) is 0 Å². The molecule has 1 amide bonds. The topological polar surface area (TPSA) is 55.8 Å². The number of para-hydroxylation sites is 1. The Morgan fingerprint density at radius 2 is 1.71 bits per heavy atom. The Balaban J connectivity index is 1.23. The van der Waals surface area contributed by atoms with E-state index in [2.05, 4.69) is 45.4 Å². The molecule has 0 aromatic heterocycles. The third kappa shape index (κ3) is 4.54. The van der Waals surface area contributed by atoms with Gasteiger partial charge < -0.3 is 15.3 Å². The zero-order chi connectivity index (χ0) is 19.3. The van der Waals surface area contributed by atoms with E-state index in [0.29, 0.717) is 6.42 Å². The number of carbonyl (C=O) groups excluding carboxylic acids is 1. The number of benzene rings is 2. The van der Waals surface area contributed by atoms with Gasteiger partial charge in [-0.2, -0.15) is 0 Å². The quantitative estimate of drug-likeness (QED) is 0.810. The van der Waals surface area contributed by atoms with Crippen molar-refractivity contribution in [3.8, 4) is 0 Å². The number of aliphatic hydroxyl groups excluding tert-OH is 1. The normalized spacial score (nSPS) is 21.5. The Hall–Kier alpha value is -2.37. The fourth-order valence-corrected chi connectivity index (χ4v) is 4.15. The van der Waals surface area contributed by atoms with Crippen LogP contribution in [0.3, 0.4) is 0 Å². The number of carbonyl (C=O) groups is 1. The van der Waals surface area contributed by atoms with Gasteiger partial charge in [-0.3, -0.25) is 9.69 Å². The molecular weight excluding hydrogens is 350 g/mol. The molecule has 0 saturated carbocycles.